The maximum Gasteiger partial charge on any atom is 0.213 e. The van der Waals surface area contributed by atoms with Crippen LogP contribution in [0.5, 0.6) is 5.88 Å². The molecule has 2 aromatic rings. The fourth-order valence-electron chi connectivity index (χ4n) is 1.33. The average Bonchev–Trinajstić information content (AvgIpc) is 2.27. The summed E-state index contributed by atoms with van der Waals surface area (Å²) in [5, 5.41) is 1.17. The Balaban J connectivity index is 2.04. The average molecular weight is 269 g/mol. The molecule has 0 amide bonds. The lowest BCUT2D eigenvalue weighted by molar-refractivity contribution is 0.294. The van der Waals surface area contributed by atoms with Crippen LogP contribution in [0.3, 0.4) is 0 Å². The third kappa shape index (κ3) is 3.51. The topological polar surface area (TPSA) is 48.1 Å². The smallest absolute Gasteiger partial charge is 0.213 e. The molecule has 1 heterocycles. The van der Waals surface area contributed by atoms with E-state index in [0.29, 0.717) is 28.2 Å². The molecular formula is C12H10Cl2N2O. The first-order chi connectivity index (χ1) is 8.13. The number of ether oxygens (including phenoxy) is 1. The minimum atomic E-state index is 0.358. The largest absolute Gasteiger partial charge is 0.473 e. The van der Waals surface area contributed by atoms with Crippen LogP contribution in [-0.4, -0.2) is 4.98 Å². The number of halogens is 2. The van der Waals surface area contributed by atoms with Gasteiger partial charge in [-0.3, -0.25) is 0 Å². The van der Waals surface area contributed by atoms with Crippen LogP contribution in [0.2, 0.25) is 10.0 Å². The normalized spacial score (nSPS) is 10.2. The number of hydrogen-bond acceptors (Lipinski definition) is 3. The molecule has 1 aromatic heterocycles. The first-order valence-corrected chi connectivity index (χ1v) is 5.68. The molecule has 0 radical (unpaired) electrons. The van der Waals surface area contributed by atoms with E-state index >= 15 is 0 Å². The molecule has 3 nitrogen and oxygen atoms in total. The zero-order valence-electron chi connectivity index (χ0n) is 8.86. The molecule has 0 bridgehead atoms. The second-order valence-electron chi connectivity index (χ2n) is 3.50. The lowest BCUT2D eigenvalue weighted by Crippen LogP contribution is -1.97. The van der Waals surface area contributed by atoms with E-state index < -0.39 is 0 Å². The van der Waals surface area contributed by atoms with E-state index in [1.165, 1.54) is 0 Å². The number of nitrogens with two attached hydrogens (primary N) is 1. The zero-order chi connectivity index (χ0) is 12.3. The Bertz CT molecular complexity index is 494. The van der Waals surface area contributed by atoms with Crippen molar-refractivity contribution in [2.24, 2.45) is 0 Å². The SMILES string of the molecule is Nc1ccc(OCc2cc(Cl)cc(Cl)c2)nc1. The van der Waals surface area contributed by atoms with E-state index in [1.54, 1.807) is 36.5 Å². The maximum absolute atomic E-state index is 5.88. The number of nitrogens with zero attached hydrogens (tertiary/aromatic N) is 1. The van der Waals surface area contributed by atoms with Crippen molar-refractivity contribution in [3.63, 3.8) is 0 Å². The van der Waals surface area contributed by atoms with Gasteiger partial charge in [0, 0.05) is 16.1 Å². The van der Waals surface area contributed by atoms with Gasteiger partial charge in [-0.15, -0.1) is 0 Å². The molecule has 5 heteroatoms. The highest BCUT2D eigenvalue weighted by Crippen LogP contribution is 2.20. The summed E-state index contributed by atoms with van der Waals surface area (Å²) in [5.41, 5.74) is 7.01. The number of benzene rings is 1. The van der Waals surface area contributed by atoms with Crippen molar-refractivity contribution < 1.29 is 4.74 Å². The number of aromatic nitrogens is 1. The molecule has 2 N–H and O–H groups in total. The number of nitrogen functional groups attached to an aromatic ring is 1. The van der Waals surface area contributed by atoms with E-state index in [2.05, 4.69) is 4.98 Å². The molecular weight excluding hydrogens is 259 g/mol. The van der Waals surface area contributed by atoms with Crippen LogP contribution in [0.4, 0.5) is 5.69 Å². The fourth-order valence-corrected chi connectivity index (χ4v) is 1.90. The standard InChI is InChI=1S/C12H10Cl2N2O/c13-9-3-8(4-10(14)5-9)7-17-12-2-1-11(15)6-16-12/h1-6H,7,15H2. The summed E-state index contributed by atoms with van der Waals surface area (Å²) in [6.45, 7) is 0.358. The van der Waals surface area contributed by atoms with Crippen LogP contribution in [0, 0.1) is 0 Å². The number of anilines is 1. The summed E-state index contributed by atoms with van der Waals surface area (Å²) in [6, 6.07) is 8.71. The lowest BCUT2D eigenvalue weighted by atomic mass is 10.2. The zero-order valence-corrected chi connectivity index (χ0v) is 10.4. The van der Waals surface area contributed by atoms with E-state index in [0.717, 1.165) is 5.56 Å². The molecule has 0 atom stereocenters. The highest BCUT2D eigenvalue weighted by atomic mass is 35.5. The number of hydrogen-bond donors (Lipinski definition) is 1. The van der Waals surface area contributed by atoms with Crippen molar-refractivity contribution in [1.82, 2.24) is 4.98 Å². The van der Waals surface area contributed by atoms with Crippen LogP contribution in [0.15, 0.2) is 36.5 Å². The first-order valence-electron chi connectivity index (χ1n) is 4.93. The summed E-state index contributed by atoms with van der Waals surface area (Å²) in [5.74, 6) is 0.510. The molecule has 0 aliphatic carbocycles. The quantitative estimate of drug-likeness (QED) is 0.926. The Morgan fingerprint density at radius 3 is 2.41 bits per heavy atom. The van der Waals surface area contributed by atoms with Crippen LogP contribution in [0.25, 0.3) is 0 Å². The summed E-state index contributed by atoms with van der Waals surface area (Å²) in [7, 11) is 0. The minimum Gasteiger partial charge on any atom is -0.473 e. The van der Waals surface area contributed by atoms with Gasteiger partial charge < -0.3 is 10.5 Å². The van der Waals surface area contributed by atoms with Gasteiger partial charge in [0.25, 0.3) is 0 Å². The molecule has 17 heavy (non-hydrogen) atoms. The second-order valence-corrected chi connectivity index (χ2v) is 4.37. The van der Waals surface area contributed by atoms with Gasteiger partial charge in [-0.05, 0) is 29.8 Å². The Labute approximate surface area is 109 Å². The van der Waals surface area contributed by atoms with Crippen LogP contribution >= 0.6 is 23.2 Å². The summed E-state index contributed by atoms with van der Waals surface area (Å²) < 4.78 is 5.47. The number of pyridine rings is 1. The van der Waals surface area contributed by atoms with Crippen molar-refractivity contribution in [2.45, 2.75) is 6.61 Å². The number of rotatable bonds is 3. The molecule has 0 unspecified atom stereocenters. The van der Waals surface area contributed by atoms with Gasteiger partial charge >= 0.3 is 0 Å². The fraction of sp³-hybridized carbons (Fsp3) is 0.0833. The van der Waals surface area contributed by atoms with E-state index in [1.807, 2.05) is 0 Å². The molecule has 0 aliphatic rings. The van der Waals surface area contributed by atoms with Gasteiger partial charge in [0.2, 0.25) is 5.88 Å². The Morgan fingerprint density at radius 2 is 1.82 bits per heavy atom. The molecule has 0 saturated heterocycles. The minimum absolute atomic E-state index is 0.358. The van der Waals surface area contributed by atoms with Crippen molar-refractivity contribution in [3.8, 4) is 5.88 Å². The van der Waals surface area contributed by atoms with Crippen molar-refractivity contribution in [1.29, 1.82) is 0 Å². The summed E-state index contributed by atoms with van der Waals surface area (Å²) >= 11 is 11.8. The predicted molar refractivity (Wildman–Crippen MR) is 69.4 cm³/mol. The molecule has 0 spiro atoms. The molecule has 1 aromatic carbocycles. The molecule has 0 saturated carbocycles. The monoisotopic (exact) mass is 268 g/mol. The molecule has 0 fully saturated rings. The van der Waals surface area contributed by atoms with Crippen LogP contribution < -0.4 is 10.5 Å². The Morgan fingerprint density at radius 1 is 1.12 bits per heavy atom. The van der Waals surface area contributed by atoms with Gasteiger partial charge in [-0.2, -0.15) is 0 Å². The Kier molecular flexibility index (Phi) is 3.71. The van der Waals surface area contributed by atoms with E-state index in [4.69, 9.17) is 33.7 Å². The highest BCUT2D eigenvalue weighted by molar-refractivity contribution is 6.34. The third-order valence-corrected chi connectivity index (χ3v) is 2.50. The van der Waals surface area contributed by atoms with E-state index in [-0.39, 0.29) is 0 Å². The summed E-state index contributed by atoms with van der Waals surface area (Å²) in [4.78, 5) is 4.03. The van der Waals surface area contributed by atoms with Gasteiger partial charge in [0.1, 0.15) is 6.61 Å². The van der Waals surface area contributed by atoms with Gasteiger partial charge in [-0.25, -0.2) is 4.98 Å². The first kappa shape index (κ1) is 12.0. The summed E-state index contributed by atoms with van der Waals surface area (Å²) in [6.07, 6.45) is 1.54. The lowest BCUT2D eigenvalue weighted by Gasteiger charge is -2.06. The van der Waals surface area contributed by atoms with E-state index in [9.17, 15) is 0 Å². The van der Waals surface area contributed by atoms with Gasteiger partial charge in [-0.1, -0.05) is 23.2 Å². The van der Waals surface area contributed by atoms with Crippen molar-refractivity contribution in [3.05, 3.63) is 52.1 Å². The van der Waals surface area contributed by atoms with Gasteiger partial charge in [0.15, 0.2) is 0 Å². The van der Waals surface area contributed by atoms with Gasteiger partial charge in [0.05, 0.1) is 11.9 Å². The van der Waals surface area contributed by atoms with Crippen LogP contribution in [0.1, 0.15) is 5.56 Å². The third-order valence-electron chi connectivity index (χ3n) is 2.07. The molecule has 0 aliphatic heterocycles. The molecule has 88 valence electrons. The second kappa shape index (κ2) is 5.25. The van der Waals surface area contributed by atoms with Crippen molar-refractivity contribution in [2.75, 3.05) is 5.73 Å². The van der Waals surface area contributed by atoms with Crippen LogP contribution in [-0.2, 0) is 6.61 Å². The predicted octanol–water partition coefficient (Wildman–Crippen LogP) is 3.55. The van der Waals surface area contributed by atoms with Crippen molar-refractivity contribution >= 4 is 28.9 Å². The molecule has 2 rings (SSSR count). The highest BCUT2D eigenvalue weighted by Gasteiger charge is 2.00. The Hall–Kier alpha value is -1.45. The maximum atomic E-state index is 5.88.